The van der Waals surface area contributed by atoms with Crippen molar-refractivity contribution in [3.63, 3.8) is 0 Å². The van der Waals surface area contributed by atoms with Crippen LogP contribution in [0.15, 0.2) is 0 Å². The minimum Gasteiger partial charge on any atom is -0.481 e. The number of carboxylic acids is 2. The third kappa shape index (κ3) is 3.81. The van der Waals surface area contributed by atoms with Crippen LogP contribution in [0.3, 0.4) is 0 Å². The van der Waals surface area contributed by atoms with Crippen LogP contribution in [-0.4, -0.2) is 47.3 Å². The molecule has 0 spiro atoms. The molecule has 30 heavy (non-hydrogen) atoms. The maximum Gasteiger partial charge on any atom is 0.310 e. The average Bonchev–Trinajstić information content (AvgIpc) is 3.48. The van der Waals surface area contributed by atoms with Gasteiger partial charge in [-0.3, -0.25) is 19.2 Å². The van der Waals surface area contributed by atoms with Gasteiger partial charge < -0.3 is 19.7 Å². The Kier molecular flexibility index (Phi) is 6.02. The Hall–Kier alpha value is -2.12. The highest BCUT2D eigenvalue weighted by atomic mass is 16.5. The van der Waals surface area contributed by atoms with Crippen LogP contribution in [0.2, 0.25) is 0 Å². The lowest BCUT2D eigenvalue weighted by molar-refractivity contribution is -0.161. The number of fused-ring (bicyclic) bond motifs is 4. The highest BCUT2D eigenvalue weighted by Crippen LogP contribution is 2.53. The van der Waals surface area contributed by atoms with Crippen molar-refractivity contribution in [2.24, 2.45) is 47.3 Å². The smallest absolute Gasteiger partial charge is 0.310 e. The van der Waals surface area contributed by atoms with Crippen molar-refractivity contribution < 1.29 is 38.9 Å². The van der Waals surface area contributed by atoms with Crippen LogP contribution in [0.5, 0.6) is 0 Å². The number of ether oxygens (including phenoxy) is 2. The summed E-state index contributed by atoms with van der Waals surface area (Å²) >= 11 is 0. The molecule has 4 saturated carbocycles. The van der Waals surface area contributed by atoms with Gasteiger partial charge in [-0.25, -0.2) is 0 Å². The van der Waals surface area contributed by atoms with E-state index in [2.05, 4.69) is 0 Å². The van der Waals surface area contributed by atoms with E-state index in [4.69, 9.17) is 9.47 Å². The molecule has 2 N–H and O–H groups in total. The fourth-order valence-corrected chi connectivity index (χ4v) is 6.71. The Balaban J connectivity index is 1.16. The lowest BCUT2D eigenvalue weighted by Gasteiger charge is -2.26. The molecule has 4 fully saturated rings. The number of hydrogen-bond acceptors (Lipinski definition) is 6. The molecule has 8 atom stereocenters. The van der Waals surface area contributed by atoms with E-state index >= 15 is 0 Å². The van der Waals surface area contributed by atoms with Crippen molar-refractivity contribution in [1.82, 2.24) is 0 Å². The molecule has 4 bridgehead atoms. The van der Waals surface area contributed by atoms with Gasteiger partial charge in [-0.15, -0.1) is 0 Å². The molecule has 8 heteroatoms. The summed E-state index contributed by atoms with van der Waals surface area (Å²) in [6.07, 6.45) is 6.16. The first kappa shape index (κ1) is 21.1. The molecule has 0 radical (unpaired) electrons. The maximum absolute atomic E-state index is 12.4. The van der Waals surface area contributed by atoms with Crippen molar-refractivity contribution >= 4 is 23.9 Å². The monoisotopic (exact) mass is 422 g/mol. The Bertz CT molecular complexity index is 658. The average molecular weight is 422 g/mol. The van der Waals surface area contributed by atoms with Crippen molar-refractivity contribution in [2.75, 3.05) is 13.2 Å². The summed E-state index contributed by atoms with van der Waals surface area (Å²) in [4.78, 5) is 47.9. The quantitative estimate of drug-likeness (QED) is 0.428. The lowest BCUT2D eigenvalue weighted by Crippen LogP contribution is -2.36. The normalized spacial score (nSPS) is 38.5. The minimum atomic E-state index is -0.906. The zero-order valence-electron chi connectivity index (χ0n) is 17.0. The molecule has 8 nitrogen and oxygen atoms in total. The molecule has 0 aromatic carbocycles. The first-order valence-corrected chi connectivity index (χ1v) is 11.2. The van der Waals surface area contributed by atoms with Crippen LogP contribution in [0, 0.1) is 47.3 Å². The highest BCUT2D eigenvalue weighted by Gasteiger charge is 2.55. The second kappa shape index (κ2) is 8.55. The summed E-state index contributed by atoms with van der Waals surface area (Å²) in [6, 6.07) is 0. The van der Waals surface area contributed by atoms with E-state index in [0.717, 1.165) is 38.5 Å². The molecule has 4 aliphatic rings. The van der Waals surface area contributed by atoms with Crippen LogP contribution >= 0.6 is 0 Å². The standard InChI is InChI=1S/C22H30O8/c23-19(24)15-11-3-5-13(9-11)17(15)21(27)29-7-1-2-8-30-22(28)18-14-6-4-12(10-14)16(18)20(25)26/h11-18H,1-10H2,(H,23,24)(H,25,26). The second-order valence-electron chi connectivity index (χ2n) is 9.49. The fraction of sp³-hybridized carbons (Fsp3) is 0.818. The summed E-state index contributed by atoms with van der Waals surface area (Å²) in [5, 5.41) is 18.9. The maximum atomic E-state index is 12.4. The fourth-order valence-electron chi connectivity index (χ4n) is 6.71. The van der Waals surface area contributed by atoms with Gasteiger partial charge in [0.1, 0.15) is 0 Å². The number of carbonyl (C=O) groups is 4. The van der Waals surface area contributed by atoms with Gasteiger partial charge in [-0.1, -0.05) is 0 Å². The largest absolute Gasteiger partial charge is 0.481 e. The van der Waals surface area contributed by atoms with Crippen LogP contribution in [0.4, 0.5) is 0 Å². The lowest BCUT2D eigenvalue weighted by atomic mass is 9.79. The molecule has 0 heterocycles. The van der Waals surface area contributed by atoms with Gasteiger partial charge in [0, 0.05) is 0 Å². The Morgan fingerprint density at radius 3 is 1.27 bits per heavy atom. The zero-order valence-corrected chi connectivity index (χ0v) is 17.0. The highest BCUT2D eigenvalue weighted by molar-refractivity contribution is 5.83. The molecule has 0 saturated heterocycles. The zero-order chi connectivity index (χ0) is 21.4. The number of carbonyl (C=O) groups excluding carboxylic acids is 2. The molecule has 166 valence electrons. The van der Waals surface area contributed by atoms with Gasteiger partial charge >= 0.3 is 23.9 Å². The molecular formula is C22H30O8. The van der Waals surface area contributed by atoms with Crippen molar-refractivity contribution in [2.45, 2.75) is 51.4 Å². The summed E-state index contributed by atoms with van der Waals surface area (Å²) in [7, 11) is 0. The molecule has 8 unspecified atom stereocenters. The summed E-state index contributed by atoms with van der Waals surface area (Å²) < 4.78 is 10.7. The molecule has 0 amide bonds. The Morgan fingerprint density at radius 2 is 0.933 bits per heavy atom. The van der Waals surface area contributed by atoms with E-state index in [0.29, 0.717) is 12.8 Å². The van der Waals surface area contributed by atoms with Gasteiger partial charge in [0.05, 0.1) is 36.9 Å². The number of carboxylic acid groups (broad SMARTS) is 2. The van der Waals surface area contributed by atoms with E-state index in [1.54, 1.807) is 0 Å². The molecule has 0 aromatic rings. The second-order valence-corrected chi connectivity index (χ2v) is 9.49. The van der Waals surface area contributed by atoms with Crippen LogP contribution in [-0.2, 0) is 28.7 Å². The third-order valence-electron chi connectivity index (χ3n) is 7.97. The van der Waals surface area contributed by atoms with E-state index in [1.165, 1.54) is 0 Å². The first-order valence-electron chi connectivity index (χ1n) is 11.2. The number of hydrogen-bond donors (Lipinski definition) is 2. The van der Waals surface area contributed by atoms with E-state index in [-0.39, 0.29) is 36.9 Å². The minimum absolute atomic E-state index is 0.0879. The van der Waals surface area contributed by atoms with Gasteiger partial charge in [-0.2, -0.15) is 0 Å². The Labute approximate surface area is 175 Å². The van der Waals surface area contributed by atoms with Crippen molar-refractivity contribution in [3.8, 4) is 0 Å². The summed E-state index contributed by atoms with van der Waals surface area (Å²) in [5.74, 6) is -4.56. The number of esters is 2. The van der Waals surface area contributed by atoms with E-state index in [9.17, 15) is 29.4 Å². The summed E-state index contributed by atoms with van der Waals surface area (Å²) in [6.45, 7) is 0.338. The van der Waals surface area contributed by atoms with Gasteiger partial charge in [-0.05, 0) is 75.0 Å². The predicted molar refractivity (Wildman–Crippen MR) is 102 cm³/mol. The van der Waals surface area contributed by atoms with Gasteiger partial charge in [0.15, 0.2) is 0 Å². The van der Waals surface area contributed by atoms with Crippen molar-refractivity contribution in [1.29, 1.82) is 0 Å². The summed E-state index contributed by atoms with van der Waals surface area (Å²) in [5.41, 5.74) is 0. The molecule has 4 aliphatic carbocycles. The van der Waals surface area contributed by atoms with Crippen LogP contribution in [0.1, 0.15) is 51.4 Å². The molecule has 0 aliphatic heterocycles. The molecule has 4 rings (SSSR count). The third-order valence-corrected chi connectivity index (χ3v) is 7.97. The first-order chi connectivity index (χ1) is 14.4. The molecule has 0 aromatic heterocycles. The van der Waals surface area contributed by atoms with E-state index in [1.807, 2.05) is 0 Å². The van der Waals surface area contributed by atoms with Gasteiger partial charge in [0.25, 0.3) is 0 Å². The Morgan fingerprint density at radius 1 is 0.600 bits per heavy atom. The number of unbranched alkanes of at least 4 members (excludes halogenated alkanes) is 1. The molecular weight excluding hydrogens is 392 g/mol. The predicted octanol–water partition coefficient (Wildman–Crippen LogP) is 2.35. The SMILES string of the molecule is O=C(O)C1C2CCC(C2)C1C(=O)OCCCCOC(=O)C1C2CCC(C2)C1C(=O)O. The van der Waals surface area contributed by atoms with E-state index < -0.39 is 47.5 Å². The van der Waals surface area contributed by atoms with Gasteiger partial charge in [0.2, 0.25) is 0 Å². The van der Waals surface area contributed by atoms with Crippen LogP contribution in [0.25, 0.3) is 0 Å². The number of rotatable bonds is 9. The van der Waals surface area contributed by atoms with Crippen LogP contribution < -0.4 is 0 Å². The number of aliphatic carboxylic acids is 2. The van der Waals surface area contributed by atoms with Crippen molar-refractivity contribution in [3.05, 3.63) is 0 Å². The topological polar surface area (TPSA) is 127 Å².